The fourth-order valence-corrected chi connectivity index (χ4v) is 3.39. The standard InChI is InChI=1S/C15H17N3O/c16-9-11-5-6-13(17-10-11)15(19)18-8-7-12-3-1-2-4-14(12)18/h5-6,10,12,14H,1-4,7-8H2. The Labute approximate surface area is 113 Å². The van der Waals surface area contributed by atoms with E-state index in [-0.39, 0.29) is 5.91 Å². The van der Waals surface area contributed by atoms with Crippen LogP contribution in [-0.2, 0) is 0 Å². The van der Waals surface area contributed by atoms with E-state index >= 15 is 0 Å². The molecule has 2 atom stereocenters. The predicted octanol–water partition coefficient (Wildman–Crippen LogP) is 2.36. The van der Waals surface area contributed by atoms with Crippen molar-refractivity contribution in [3.8, 4) is 6.07 Å². The van der Waals surface area contributed by atoms with Crippen molar-refractivity contribution < 1.29 is 4.79 Å². The Kier molecular flexibility index (Phi) is 3.20. The van der Waals surface area contributed by atoms with Crippen molar-refractivity contribution in [2.75, 3.05) is 6.54 Å². The lowest BCUT2D eigenvalue weighted by Gasteiger charge is -2.31. The minimum Gasteiger partial charge on any atom is -0.334 e. The van der Waals surface area contributed by atoms with Gasteiger partial charge in [0, 0.05) is 18.8 Å². The molecule has 1 amide bonds. The fraction of sp³-hybridized carbons (Fsp3) is 0.533. The molecule has 0 aromatic carbocycles. The Morgan fingerprint density at radius 1 is 1.32 bits per heavy atom. The van der Waals surface area contributed by atoms with Gasteiger partial charge >= 0.3 is 0 Å². The van der Waals surface area contributed by atoms with E-state index in [1.807, 2.05) is 11.0 Å². The molecule has 3 rings (SSSR count). The van der Waals surface area contributed by atoms with Crippen LogP contribution in [0.1, 0.15) is 48.2 Å². The number of nitrogens with zero attached hydrogens (tertiary/aromatic N) is 3. The zero-order chi connectivity index (χ0) is 13.2. The third kappa shape index (κ3) is 2.21. The van der Waals surface area contributed by atoms with E-state index in [4.69, 9.17) is 5.26 Å². The Balaban J connectivity index is 1.78. The van der Waals surface area contributed by atoms with E-state index in [9.17, 15) is 4.79 Å². The third-order valence-corrected chi connectivity index (χ3v) is 4.38. The first-order chi connectivity index (χ1) is 9.29. The van der Waals surface area contributed by atoms with Crippen LogP contribution in [0, 0.1) is 17.2 Å². The van der Waals surface area contributed by atoms with Crippen molar-refractivity contribution in [2.45, 2.75) is 38.1 Å². The Morgan fingerprint density at radius 3 is 2.89 bits per heavy atom. The monoisotopic (exact) mass is 255 g/mol. The van der Waals surface area contributed by atoms with Crippen molar-refractivity contribution in [1.29, 1.82) is 5.26 Å². The van der Waals surface area contributed by atoms with Gasteiger partial charge in [0.1, 0.15) is 11.8 Å². The summed E-state index contributed by atoms with van der Waals surface area (Å²) < 4.78 is 0. The molecule has 1 saturated carbocycles. The Hall–Kier alpha value is -1.89. The highest BCUT2D eigenvalue weighted by Crippen LogP contribution is 2.36. The van der Waals surface area contributed by atoms with Crippen LogP contribution in [0.2, 0.25) is 0 Å². The number of rotatable bonds is 1. The van der Waals surface area contributed by atoms with Crippen LogP contribution in [0.25, 0.3) is 0 Å². The molecule has 98 valence electrons. The van der Waals surface area contributed by atoms with Gasteiger partial charge in [-0.05, 0) is 37.3 Å². The van der Waals surface area contributed by atoms with E-state index < -0.39 is 0 Å². The van der Waals surface area contributed by atoms with Crippen molar-refractivity contribution >= 4 is 5.91 Å². The average Bonchev–Trinajstić information content (AvgIpc) is 2.90. The highest BCUT2D eigenvalue weighted by Gasteiger charge is 2.38. The maximum Gasteiger partial charge on any atom is 0.272 e. The lowest BCUT2D eigenvalue weighted by molar-refractivity contribution is 0.0684. The Morgan fingerprint density at radius 2 is 2.16 bits per heavy atom. The number of pyridine rings is 1. The van der Waals surface area contributed by atoms with Gasteiger partial charge in [0.15, 0.2) is 0 Å². The van der Waals surface area contributed by atoms with Crippen LogP contribution in [0.15, 0.2) is 18.3 Å². The molecular formula is C15H17N3O. The van der Waals surface area contributed by atoms with Gasteiger partial charge in [-0.15, -0.1) is 0 Å². The number of nitriles is 1. The molecule has 0 radical (unpaired) electrons. The van der Waals surface area contributed by atoms with Crippen molar-refractivity contribution in [1.82, 2.24) is 9.88 Å². The van der Waals surface area contributed by atoms with E-state index in [2.05, 4.69) is 4.98 Å². The highest BCUT2D eigenvalue weighted by molar-refractivity contribution is 5.92. The van der Waals surface area contributed by atoms with Crippen LogP contribution in [-0.4, -0.2) is 28.4 Å². The summed E-state index contributed by atoms with van der Waals surface area (Å²) in [6.45, 7) is 0.857. The normalized spacial score (nSPS) is 25.7. The summed E-state index contributed by atoms with van der Waals surface area (Å²) in [5.74, 6) is 0.718. The molecule has 1 aromatic heterocycles. The molecular weight excluding hydrogens is 238 g/mol. The molecule has 4 heteroatoms. The second-order valence-corrected chi connectivity index (χ2v) is 5.44. The van der Waals surface area contributed by atoms with Crippen LogP contribution in [0.4, 0.5) is 0 Å². The molecule has 2 aliphatic rings. The number of aromatic nitrogens is 1. The quantitative estimate of drug-likeness (QED) is 0.774. The molecule has 1 aliphatic carbocycles. The molecule has 0 N–H and O–H groups in total. The number of carbonyl (C=O) groups is 1. The van der Waals surface area contributed by atoms with Crippen molar-refractivity contribution in [3.63, 3.8) is 0 Å². The lowest BCUT2D eigenvalue weighted by atomic mass is 9.85. The van der Waals surface area contributed by atoms with Crippen LogP contribution >= 0.6 is 0 Å². The molecule has 1 aliphatic heterocycles. The van der Waals surface area contributed by atoms with E-state index in [1.165, 1.54) is 25.5 Å². The summed E-state index contributed by atoms with van der Waals surface area (Å²) in [4.78, 5) is 18.6. The largest absolute Gasteiger partial charge is 0.334 e. The van der Waals surface area contributed by atoms with Gasteiger partial charge < -0.3 is 4.90 Å². The fourth-order valence-electron chi connectivity index (χ4n) is 3.39. The second kappa shape index (κ2) is 5.00. The minimum absolute atomic E-state index is 0.0267. The zero-order valence-corrected chi connectivity index (χ0v) is 10.9. The summed E-state index contributed by atoms with van der Waals surface area (Å²) in [5.41, 5.74) is 0.957. The highest BCUT2D eigenvalue weighted by atomic mass is 16.2. The van der Waals surface area contributed by atoms with Gasteiger partial charge in [0.25, 0.3) is 5.91 Å². The summed E-state index contributed by atoms with van der Waals surface area (Å²) in [7, 11) is 0. The summed E-state index contributed by atoms with van der Waals surface area (Å²) >= 11 is 0. The third-order valence-electron chi connectivity index (χ3n) is 4.38. The number of carbonyl (C=O) groups excluding carboxylic acids is 1. The SMILES string of the molecule is N#Cc1ccc(C(=O)N2CCC3CCCCC32)nc1. The first-order valence-electron chi connectivity index (χ1n) is 6.97. The molecule has 2 unspecified atom stereocenters. The van der Waals surface area contributed by atoms with Gasteiger partial charge in [-0.25, -0.2) is 4.98 Å². The van der Waals surface area contributed by atoms with E-state index in [1.54, 1.807) is 12.1 Å². The lowest BCUT2D eigenvalue weighted by Crippen LogP contribution is -2.39. The summed E-state index contributed by atoms with van der Waals surface area (Å²) in [6, 6.07) is 5.76. The van der Waals surface area contributed by atoms with E-state index in [0.717, 1.165) is 19.4 Å². The zero-order valence-electron chi connectivity index (χ0n) is 10.9. The number of hydrogen-bond donors (Lipinski definition) is 0. The topological polar surface area (TPSA) is 57.0 Å². The van der Waals surface area contributed by atoms with Crippen LogP contribution < -0.4 is 0 Å². The molecule has 1 saturated heterocycles. The summed E-state index contributed by atoms with van der Waals surface area (Å²) in [5, 5.41) is 8.75. The molecule has 0 bridgehead atoms. The van der Waals surface area contributed by atoms with Crippen molar-refractivity contribution in [3.05, 3.63) is 29.6 Å². The van der Waals surface area contributed by atoms with Crippen LogP contribution in [0.3, 0.4) is 0 Å². The smallest absolute Gasteiger partial charge is 0.272 e. The summed E-state index contributed by atoms with van der Waals surface area (Å²) in [6.07, 6.45) is 7.53. The molecule has 1 aromatic rings. The number of hydrogen-bond acceptors (Lipinski definition) is 3. The molecule has 19 heavy (non-hydrogen) atoms. The number of likely N-dealkylation sites (tertiary alicyclic amines) is 1. The molecule has 4 nitrogen and oxygen atoms in total. The van der Waals surface area contributed by atoms with Gasteiger partial charge in [-0.1, -0.05) is 12.8 Å². The Bertz CT molecular complexity index is 517. The number of fused-ring (bicyclic) bond motifs is 1. The van der Waals surface area contributed by atoms with Gasteiger partial charge in [-0.2, -0.15) is 5.26 Å². The first-order valence-corrected chi connectivity index (χ1v) is 6.97. The molecule has 2 heterocycles. The average molecular weight is 255 g/mol. The van der Waals surface area contributed by atoms with Gasteiger partial charge in [0.2, 0.25) is 0 Å². The maximum absolute atomic E-state index is 12.5. The van der Waals surface area contributed by atoms with E-state index in [0.29, 0.717) is 23.2 Å². The first kappa shape index (κ1) is 12.2. The molecule has 2 fully saturated rings. The predicted molar refractivity (Wildman–Crippen MR) is 70.4 cm³/mol. The number of amides is 1. The van der Waals surface area contributed by atoms with Crippen molar-refractivity contribution in [2.24, 2.45) is 5.92 Å². The second-order valence-electron chi connectivity index (χ2n) is 5.44. The minimum atomic E-state index is 0.0267. The van der Waals surface area contributed by atoms with Gasteiger partial charge in [-0.3, -0.25) is 4.79 Å². The molecule has 0 spiro atoms. The maximum atomic E-state index is 12.5. The van der Waals surface area contributed by atoms with Crippen LogP contribution in [0.5, 0.6) is 0 Å². The van der Waals surface area contributed by atoms with Gasteiger partial charge in [0.05, 0.1) is 5.56 Å².